The van der Waals surface area contributed by atoms with Crippen LogP contribution >= 0.6 is 0 Å². The topological polar surface area (TPSA) is 104 Å². The predicted octanol–water partition coefficient (Wildman–Crippen LogP) is 1.37. The normalized spacial score (nSPS) is 16.2. The first-order chi connectivity index (χ1) is 12.9. The van der Waals surface area contributed by atoms with Gasteiger partial charge in [-0.2, -0.15) is 9.40 Å². The highest BCUT2D eigenvalue weighted by Gasteiger charge is 2.33. The number of carbonyl (C=O) groups excluding carboxylic acids is 1. The number of nitrogens with zero attached hydrogens (tertiary/aromatic N) is 2. The van der Waals surface area contributed by atoms with Crippen LogP contribution in [0.1, 0.15) is 24.2 Å². The van der Waals surface area contributed by atoms with Gasteiger partial charge in [0.1, 0.15) is 10.6 Å². The summed E-state index contributed by atoms with van der Waals surface area (Å²) in [5.74, 6) is 0.432. The molecular formula is C18H24N4O4S. The number of aromatic amines is 1. The fourth-order valence-corrected chi connectivity index (χ4v) is 5.03. The first-order valence-corrected chi connectivity index (χ1v) is 10.3. The van der Waals surface area contributed by atoms with Crippen LogP contribution in [0.5, 0.6) is 5.75 Å². The molecule has 8 nitrogen and oxygen atoms in total. The molecule has 1 aromatic carbocycles. The van der Waals surface area contributed by atoms with Gasteiger partial charge in [0.2, 0.25) is 10.0 Å². The molecule has 0 atom stereocenters. The van der Waals surface area contributed by atoms with E-state index in [0.717, 1.165) is 0 Å². The van der Waals surface area contributed by atoms with Gasteiger partial charge in [-0.25, -0.2) is 8.42 Å². The van der Waals surface area contributed by atoms with Gasteiger partial charge in [0.15, 0.2) is 6.61 Å². The molecule has 146 valence electrons. The third kappa shape index (κ3) is 4.48. The number of aromatic nitrogens is 2. The highest BCUT2D eigenvalue weighted by molar-refractivity contribution is 7.89. The number of carbonyl (C=O) groups is 1. The molecule has 1 amide bonds. The molecule has 27 heavy (non-hydrogen) atoms. The number of nitrogens with one attached hydrogen (secondary N) is 2. The van der Waals surface area contributed by atoms with Crippen LogP contribution in [0.3, 0.4) is 0 Å². The summed E-state index contributed by atoms with van der Waals surface area (Å²) in [5, 5.41) is 9.61. The second kappa shape index (κ2) is 8.10. The number of rotatable bonds is 6. The number of sulfonamides is 1. The molecular weight excluding hydrogens is 368 g/mol. The highest BCUT2D eigenvalue weighted by Crippen LogP contribution is 2.24. The van der Waals surface area contributed by atoms with Gasteiger partial charge in [-0.1, -0.05) is 18.2 Å². The predicted molar refractivity (Wildman–Crippen MR) is 99.9 cm³/mol. The van der Waals surface area contributed by atoms with Crippen LogP contribution in [0.15, 0.2) is 35.2 Å². The molecule has 3 rings (SSSR count). The van der Waals surface area contributed by atoms with Gasteiger partial charge >= 0.3 is 0 Å². The van der Waals surface area contributed by atoms with Crippen molar-refractivity contribution >= 4 is 15.9 Å². The molecule has 1 aliphatic rings. The lowest BCUT2D eigenvalue weighted by atomic mass is 10.1. The van der Waals surface area contributed by atoms with Gasteiger partial charge in [0.25, 0.3) is 5.91 Å². The van der Waals surface area contributed by atoms with Crippen LogP contribution < -0.4 is 10.1 Å². The summed E-state index contributed by atoms with van der Waals surface area (Å²) in [7, 11) is -3.58. The number of ether oxygens (including phenoxy) is 1. The zero-order valence-electron chi connectivity index (χ0n) is 15.4. The molecule has 1 aromatic heterocycles. The van der Waals surface area contributed by atoms with E-state index >= 15 is 0 Å². The van der Waals surface area contributed by atoms with Gasteiger partial charge in [0, 0.05) is 19.1 Å². The minimum Gasteiger partial charge on any atom is -0.484 e. The average molecular weight is 392 g/mol. The van der Waals surface area contributed by atoms with Crippen LogP contribution in [0, 0.1) is 13.8 Å². The second-order valence-electron chi connectivity index (χ2n) is 6.61. The van der Waals surface area contributed by atoms with Crippen molar-refractivity contribution in [2.75, 3.05) is 19.7 Å². The molecule has 0 radical (unpaired) electrons. The number of para-hydroxylation sites is 1. The smallest absolute Gasteiger partial charge is 0.258 e. The van der Waals surface area contributed by atoms with Gasteiger partial charge in [0.05, 0.1) is 11.4 Å². The standard InChI is InChI=1S/C18H24N4O4S/c1-13-18(14(2)21-20-13)27(24,25)22-10-8-15(9-11-22)19-17(23)12-26-16-6-4-3-5-7-16/h3-7,15H,8-12H2,1-2H3,(H,19,23)(H,20,21). The minimum atomic E-state index is -3.58. The molecule has 9 heteroatoms. The monoisotopic (exact) mass is 392 g/mol. The van der Waals surface area contributed by atoms with E-state index in [2.05, 4.69) is 15.5 Å². The Morgan fingerprint density at radius 1 is 1.26 bits per heavy atom. The molecule has 1 saturated heterocycles. The van der Waals surface area contributed by atoms with Crippen LogP contribution in [0.2, 0.25) is 0 Å². The summed E-state index contributed by atoms with van der Waals surface area (Å²) in [5.41, 5.74) is 1.02. The van der Waals surface area contributed by atoms with E-state index in [9.17, 15) is 13.2 Å². The van der Waals surface area contributed by atoms with E-state index in [-0.39, 0.29) is 23.5 Å². The maximum atomic E-state index is 12.8. The van der Waals surface area contributed by atoms with Crippen LogP contribution in [0.25, 0.3) is 0 Å². The Bertz CT molecular complexity index is 868. The van der Waals surface area contributed by atoms with Gasteiger partial charge in [-0.3, -0.25) is 9.89 Å². The van der Waals surface area contributed by atoms with E-state index in [4.69, 9.17) is 4.74 Å². The quantitative estimate of drug-likeness (QED) is 0.773. The summed E-state index contributed by atoms with van der Waals surface area (Å²) in [6.07, 6.45) is 1.12. The molecule has 0 bridgehead atoms. The number of H-pyrrole nitrogens is 1. The van der Waals surface area contributed by atoms with Gasteiger partial charge in [-0.15, -0.1) is 0 Å². The maximum Gasteiger partial charge on any atom is 0.258 e. The number of hydrogen-bond donors (Lipinski definition) is 2. The molecule has 0 saturated carbocycles. The Hall–Kier alpha value is -2.39. The summed E-state index contributed by atoms with van der Waals surface area (Å²) in [6, 6.07) is 9.07. The third-order valence-electron chi connectivity index (χ3n) is 4.59. The van der Waals surface area contributed by atoms with E-state index in [1.807, 2.05) is 18.2 Å². The summed E-state index contributed by atoms with van der Waals surface area (Å²) >= 11 is 0. The van der Waals surface area contributed by atoms with Crippen molar-refractivity contribution in [3.05, 3.63) is 41.7 Å². The molecule has 0 unspecified atom stereocenters. The first-order valence-electron chi connectivity index (χ1n) is 8.87. The van der Waals surface area contributed by atoms with Crippen molar-refractivity contribution in [1.29, 1.82) is 0 Å². The number of piperidine rings is 1. The highest BCUT2D eigenvalue weighted by atomic mass is 32.2. The molecule has 1 aliphatic heterocycles. The first kappa shape index (κ1) is 19.4. The van der Waals surface area contributed by atoms with Crippen LogP contribution in [0.4, 0.5) is 0 Å². The average Bonchev–Trinajstić information content (AvgIpc) is 3.00. The Morgan fingerprint density at radius 2 is 1.93 bits per heavy atom. The Morgan fingerprint density at radius 3 is 2.52 bits per heavy atom. The van der Waals surface area contributed by atoms with E-state index in [0.29, 0.717) is 43.1 Å². The van der Waals surface area contributed by atoms with Crippen LogP contribution in [-0.2, 0) is 14.8 Å². The van der Waals surface area contributed by atoms with Crippen molar-refractivity contribution in [3.63, 3.8) is 0 Å². The Kier molecular flexibility index (Phi) is 5.81. The molecule has 0 spiro atoms. The third-order valence-corrected chi connectivity index (χ3v) is 6.75. The van der Waals surface area contributed by atoms with E-state index in [1.165, 1.54) is 4.31 Å². The van der Waals surface area contributed by atoms with Gasteiger partial charge < -0.3 is 10.1 Å². The van der Waals surface area contributed by atoms with E-state index < -0.39 is 10.0 Å². The minimum absolute atomic E-state index is 0.0596. The maximum absolute atomic E-state index is 12.8. The number of benzene rings is 1. The second-order valence-corrected chi connectivity index (χ2v) is 8.49. The van der Waals surface area contributed by atoms with Crippen molar-refractivity contribution in [1.82, 2.24) is 19.8 Å². The molecule has 0 aliphatic carbocycles. The van der Waals surface area contributed by atoms with Crippen molar-refractivity contribution in [2.24, 2.45) is 0 Å². The lowest BCUT2D eigenvalue weighted by molar-refractivity contribution is -0.124. The molecule has 2 heterocycles. The molecule has 1 fully saturated rings. The van der Waals surface area contributed by atoms with Crippen molar-refractivity contribution in [2.45, 2.75) is 37.6 Å². The Balaban J connectivity index is 1.51. The number of aryl methyl sites for hydroxylation is 2. The van der Waals surface area contributed by atoms with Crippen LogP contribution in [-0.4, -0.2) is 54.6 Å². The van der Waals surface area contributed by atoms with Gasteiger partial charge in [-0.05, 0) is 38.8 Å². The zero-order chi connectivity index (χ0) is 19.4. The molecule has 2 N–H and O–H groups in total. The SMILES string of the molecule is Cc1n[nH]c(C)c1S(=O)(=O)N1CCC(NC(=O)COc2ccccc2)CC1. The zero-order valence-corrected chi connectivity index (χ0v) is 16.3. The summed E-state index contributed by atoms with van der Waals surface area (Å²) < 4.78 is 32.6. The lowest BCUT2D eigenvalue weighted by Crippen LogP contribution is -2.47. The largest absolute Gasteiger partial charge is 0.484 e. The summed E-state index contributed by atoms with van der Waals surface area (Å²) in [4.78, 5) is 12.3. The fraction of sp³-hybridized carbons (Fsp3) is 0.444. The lowest BCUT2D eigenvalue weighted by Gasteiger charge is -2.31. The van der Waals surface area contributed by atoms with Crippen molar-refractivity contribution < 1.29 is 17.9 Å². The Labute approximate surface area is 159 Å². The molecule has 2 aromatic rings. The summed E-state index contributed by atoms with van der Waals surface area (Å²) in [6.45, 7) is 4.03. The van der Waals surface area contributed by atoms with E-state index in [1.54, 1.807) is 26.0 Å². The van der Waals surface area contributed by atoms with Crippen molar-refractivity contribution in [3.8, 4) is 5.75 Å². The number of hydrogen-bond acceptors (Lipinski definition) is 5. The number of amides is 1. The fourth-order valence-electron chi connectivity index (χ4n) is 3.23.